The maximum absolute atomic E-state index is 11.6. The third-order valence-corrected chi connectivity index (χ3v) is 4.74. The van der Waals surface area contributed by atoms with Crippen LogP contribution in [0.5, 0.6) is 0 Å². The van der Waals surface area contributed by atoms with Crippen LogP contribution < -0.4 is 0 Å². The summed E-state index contributed by atoms with van der Waals surface area (Å²) in [5, 5.41) is 1.01. The summed E-state index contributed by atoms with van der Waals surface area (Å²) >= 11 is 3.55. The number of ether oxygens (including phenoxy) is 1. The molecule has 0 N–H and O–H groups in total. The molecule has 0 aliphatic carbocycles. The van der Waals surface area contributed by atoms with Gasteiger partial charge in [-0.1, -0.05) is 29.8 Å². The number of nitrogens with zero attached hydrogens (tertiary/aromatic N) is 1. The summed E-state index contributed by atoms with van der Waals surface area (Å²) in [7, 11) is 0. The van der Waals surface area contributed by atoms with Crippen molar-refractivity contribution in [1.29, 1.82) is 0 Å². The molecule has 0 atom stereocenters. The lowest BCUT2D eigenvalue weighted by atomic mass is 9.92. The van der Waals surface area contributed by atoms with Crippen LogP contribution in [0.1, 0.15) is 33.6 Å². The molecule has 0 aromatic carbocycles. The zero-order valence-electron chi connectivity index (χ0n) is 11.2. The van der Waals surface area contributed by atoms with Crippen molar-refractivity contribution in [3.8, 4) is 0 Å². The molecular formula is C13H24BrNO2. The van der Waals surface area contributed by atoms with Gasteiger partial charge in [0.25, 0.3) is 0 Å². The first-order chi connectivity index (χ1) is 7.98. The number of halogens is 1. The normalized spacial score (nSPS) is 19.3. The lowest BCUT2D eigenvalue weighted by Crippen LogP contribution is -2.42. The van der Waals surface area contributed by atoms with E-state index in [0.29, 0.717) is 12.0 Å². The number of likely N-dealkylation sites (tertiary alicyclic amines) is 1. The summed E-state index contributed by atoms with van der Waals surface area (Å²) in [4.78, 5) is 14.1. The van der Waals surface area contributed by atoms with Crippen LogP contribution in [-0.4, -0.2) is 42.4 Å². The van der Waals surface area contributed by atoms with E-state index < -0.39 is 0 Å². The van der Waals surface area contributed by atoms with Gasteiger partial charge >= 0.3 is 5.97 Å². The average Bonchev–Trinajstić information content (AvgIpc) is 2.30. The van der Waals surface area contributed by atoms with Crippen LogP contribution >= 0.6 is 15.9 Å². The Morgan fingerprint density at radius 3 is 2.47 bits per heavy atom. The standard InChI is InChI=1S/C13H24BrNO2/c1-4-17-12(16)11-5-7-15(8-6-11)10-13(2,3)9-14/h11H,4-10H2,1-3H3. The van der Waals surface area contributed by atoms with E-state index >= 15 is 0 Å². The fourth-order valence-electron chi connectivity index (χ4n) is 2.23. The summed E-state index contributed by atoms with van der Waals surface area (Å²) in [6.07, 6.45) is 1.88. The van der Waals surface area contributed by atoms with Gasteiger partial charge in [0.1, 0.15) is 0 Å². The lowest BCUT2D eigenvalue weighted by Gasteiger charge is -2.36. The zero-order valence-corrected chi connectivity index (χ0v) is 12.8. The highest BCUT2D eigenvalue weighted by atomic mass is 79.9. The van der Waals surface area contributed by atoms with E-state index in [1.54, 1.807) is 0 Å². The van der Waals surface area contributed by atoms with Crippen LogP contribution in [0, 0.1) is 11.3 Å². The molecule has 17 heavy (non-hydrogen) atoms. The molecule has 1 rings (SSSR count). The number of carbonyl (C=O) groups is 1. The Kier molecular flexibility index (Phi) is 5.93. The Morgan fingerprint density at radius 2 is 2.00 bits per heavy atom. The Morgan fingerprint density at radius 1 is 1.41 bits per heavy atom. The van der Waals surface area contributed by atoms with Gasteiger partial charge in [-0.25, -0.2) is 0 Å². The zero-order chi connectivity index (χ0) is 12.9. The van der Waals surface area contributed by atoms with E-state index in [1.165, 1.54) is 0 Å². The second kappa shape index (κ2) is 6.74. The van der Waals surface area contributed by atoms with Crippen molar-refractivity contribution >= 4 is 21.9 Å². The van der Waals surface area contributed by atoms with E-state index in [2.05, 4.69) is 34.7 Å². The first-order valence-corrected chi connectivity index (χ1v) is 7.55. The minimum Gasteiger partial charge on any atom is -0.466 e. The Balaban J connectivity index is 2.33. The Bertz CT molecular complexity index is 248. The third kappa shape index (κ3) is 4.96. The summed E-state index contributed by atoms with van der Waals surface area (Å²) < 4.78 is 5.07. The van der Waals surface area contributed by atoms with Gasteiger partial charge in [0.2, 0.25) is 0 Å². The SMILES string of the molecule is CCOC(=O)C1CCN(CC(C)(C)CBr)CC1. The molecule has 4 heteroatoms. The molecule has 0 bridgehead atoms. The Hall–Kier alpha value is -0.0900. The van der Waals surface area contributed by atoms with E-state index in [0.717, 1.165) is 37.8 Å². The molecule has 3 nitrogen and oxygen atoms in total. The van der Waals surface area contributed by atoms with Crippen LogP contribution in [0.4, 0.5) is 0 Å². The molecule has 1 aliphatic heterocycles. The molecule has 0 spiro atoms. The minimum atomic E-state index is -0.00750. The highest BCUT2D eigenvalue weighted by Crippen LogP contribution is 2.24. The van der Waals surface area contributed by atoms with E-state index in [-0.39, 0.29) is 11.9 Å². The number of rotatable bonds is 5. The molecule has 100 valence electrons. The van der Waals surface area contributed by atoms with E-state index in [1.807, 2.05) is 6.92 Å². The fraction of sp³-hybridized carbons (Fsp3) is 0.923. The first kappa shape index (κ1) is 15.0. The van der Waals surface area contributed by atoms with Crippen molar-refractivity contribution in [1.82, 2.24) is 4.90 Å². The van der Waals surface area contributed by atoms with Gasteiger partial charge in [-0.3, -0.25) is 4.79 Å². The van der Waals surface area contributed by atoms with Crippen molar-refractivity contribution in [3.05, 3.63) is 0 Å². The predicted octanol–water partition coefficient (Wildman–Crippen LogP) is 2.68. The van der Waals surface area contributed by atoms with E-state index in [4.69, 9.17) is 4.74 Å². The second-order valence-electron chi connectivity index (χ2n) is 5.60. The molecule has 1 aliphatic rings. The maximum atomic E-state index is 11.6. The molecule has 0 amide bonds. The van der Waals surface area contributed by atoms with Crippen molar-refractivity contribution in [3.63, 3.8) is 0 Å². The molecule has 0 aromatic heterocycles. The maximum Gasteiger partial charge on any atom is 0.309 e. The number of esters is 1. The smallest absolute Gasteiger partial charge is 0.309 e. The predicted molar refractivity (Wildman–Crippen MR) is 73.4 cm³/mol. The number of hydrogen-bond donors (Lipinski definition) is 0. The number of hydrogen-bond acceptors (Lipinski definition) is 3. The van der Waals surface area contributed by atoms with Gasteiger partial charge in [0, 0.05) is 11.9 Å². The van der Waals surface area contributed by atoms with Gasteiger partial charge in [0.15, 0.2) is 0 Å². The third-order valence-electron chi connectivity index (χ3n) is 3.22. The molecule has 1 saturated heterocycles. The topological polar surface area (TPSA) is 29.5 Å². The van der Waals surface area contributed by atoms with Crippen LogP contribution in [0.15, 0.2) is 0 Å². The quantitative estimate of drug-likeness (QED) is 0.578. The van der Waals surface area contributed by atoms with Crippen molar-refractivity contribution < 1.29 is 9.53 Å². The number of alkyl halides is 1. The molecule has 0 unspecified atom stereocenters. The summed E-state index contributed by atoms with van der Waals surface area (Å²) in [5.41, 5.74) is 0.302. The van der Waals surface area contributed by atoms with Gasteiger partial charge in [-0.05, 0) is 38.3 Å². The largest absolute Gasteiger partial charge is 0.466 e. The van der Waals surface area contributed by atoms with Gasteiger partial charge in [-0.15, -0.1) is 0 Å². The molecule has 0 radical (unpaired) electrons. The monoisotopic (exact) mass is 305 g/mol. The highest BCUT2D eigenvalue weighted by Gasteiger charge is 2.28. The summed E-state index contributed by atoms with van der Waals surface area (Å²) in [5.74, 6) is 0.116. The fourth-order valence-corrected chi connectivity index (χ4v) is 2.41. The molecule has 1 fully saturated rings. The van der Waals surface area contributed by atoms with Crippen LogP contribution in [-0.2, 0) is 9.53 Å². The summed E-state index contributed by atoms with van der Waals surface area (Å²) in [6, 6.07) is 0. The van der Waals surface area contributed by atoms with Crippen molar-refractivity contribution in [2.24, 2.45) is 11.3 Å². The lowest BCUT2D eigenvalue weighted by molar-refractivity contribution is -0.149. The van der Waals surface area contributed by atoms with Crippen LogP contribution in [0.3, 0.4) is 0 Å². The van der Waals surface area contributed by atoms with Crippen LogP contribution in [0.2, 0.25) is 0 Å². The van der Waals surface area contributed by atoms with Gasteiger partial charge < -0.3 is 9.64 Å². The second-order valence-corrected chi connectivity index (χ2v) is 6.16. The first-order valence-electron chi connectivity index (χ1n) is 6.43. The van der Waals surface area contributed by atoms with Crippen LogP contribution in [0.25, 0.3) is 0 Å². The van der Waals surface area contributed by atoms with Crippen molar-refractivity contribution in [2.75, 3.05) is 31.6 Å². The highest BCUT2D eigenvalue weighted by molar-refractivity contribution is 9.09. The number of carbonyl (C=O) groups excluding carboxylic acids is 1. The van der Waals surface area contributed by atoms with Crippen molar-refractivity contribution in [2.45, 2.75) is 33.6 Å². The number of piperidine rings is 1. The minimum absolute atomic E-state index is 0.00750. The average molecular weight is 306 g/mol. The molecule has 0 aromatic rings. The van der Waals surface area contributed by atoms with E-state index in [9.17, 15) is 4.79 Å². The van der Waals surface area contributed by atoms with Gasteiger partial charge in [0.05, 0.1) is 12.5 Å². The Labute approximate surface area is 113 Å². The molecule has 0 saturated carbocycles. The summed E-state index contributed by atoms with van der Waals surface area (Å²) in [6.45, 7) is 10.0. The molecule has 1 heterocycles. The molecular weight excluding hydrogens is 282 g/mol. The van der Waals surface area contributed by atoms with Gasteiger partial charge in [-0.2, -0.15) is 0 Å².